The van der Waals surface area contributed by atoms with Gasteiger partial charge in [-0.2, -0.15) is 0 Å². The van der Waals surface area contributed by atoms with E-state index in [1.807, 2.05) is 13.0 Å². The van der Waals surface area contributed by atoms with E-state index in [1.54, 1.807) is 0 Å². The number of allylic oxidation sites excluding steroid dienone is 3. The summed E-state index contributed by atoms with van der Waals surface area (Å²) in [6, 6.07) is 0. The molecule has 0 aliphatic rings. The van der Waals surface area contributed by atoms with Crippen LogP contribution in [0.5, 0.6) is 0 Å². The van der Waals surface area contributed by atoms with Gasteiger partial charge in [-0.25, -0.2) is 0 Å². The van der Waals surface area contributed by atoms with Crippen LogP contribution in [0.1, 0.15) is 20.8 Å². The first-order valence-electron chi connectivity index (χ1n) is 5.23. The standard InChI is InChI=1S/C13H23N/c1-6-8-13(9-7-2)11-14(5)10-12(3)4/h6-9,12H,1,10-11H2,2-5H3/b9-7-,13-8+. The molecule has 0 aromatic rings. The van der Waals surface area contributed by atoms with Gasteiger partial charge in [0.15, 0.2) is 0 Å². The van der Waals surface area contributed by atoms with Crippen LogP contribution in [-0.2, 0) is 0 Å². The van der Waals surface area contributed by atoms with E-state index in [1.165, 1.54) is 5.57 Å². The molecule has 0 N–H and O–H groups in total. The number of rotatable bonds is 6. The zero-order valence-electron chi connectivity index (χ0n) is 9.96. The van der Waals surface area contributed by atoms with Crippen molar-refractivity contribution in [3.05, 3.63) is 36.5 Å². The number of hydrogen-bond donors (Lipinski definition) is 0. The zero-order valence-corrected chi connectivity index (χ0v) is 9.96. The average Bonchev–Trinajstić information content (AvgIpc) is 2.03. The van der Waals surface area contributed by atoms with Crippen molar-refractivity contribution in [1.29, 1.82) is 0 Å². The SMILES string of the molecule is C=C/C=C(\C=C/C)CN(C)CC(C)C. The highest BCUT2D eigenvalue weighted by molar-refractivity contribution is 5.23. The Labute approximate surface area is 88.8 Å². The molecule has 0 aromatic heterocycles. The second kappa shape index (κ2) is 7.57. The molecule has 0 heterocycles. The highest BCUT2D eigenvalue weighted by Crippen LogP contribution is 2.03. The Bertz CT molecular complexity index is 211. The number of hydrogen-bond acceptors (Lipinski definition) is 1. The van der Waals surface area contributed by atoms with Gasteiger partial charge in [-0.05, 0) is 25.5 Å². The molecule has 0 spiro atoms. The first-order valence-corrected chi connectivity index (χ1v) is 5.23. The van der Waals surface area contributed by atoms with E-state index in [0.717, 1.165) is 19.0 Å². The second-order valence-corrected chi connectivity index (χ2v) is 4.07. The van der Waals surface area contributed by atoms with Crippen LogP contribution in [0, 0.1) is 5.92 Å². The van der Waals surface area contributed by atoms with Crippen LogP contribution in [0.25, 0.3) is 0 Å². The molecule has 0 saturated heterocycles. The van der Waals surface area contributed by atoms with Crippen molar-refractivity contribution in [1.82, 2.24) is 4.90 Å². The van der Waals surface area contributed by atoms with Gasteiger partial charge in [0.25, 0.3) is 0 Å². The highest BCUT2D eigenvalue weighted by Gasteiger charge is 2.02. The molecule has 0 radical (unpaired) electrons. The molecule has 1 nitrogen and oxygen atoms in total. The predicted molar refractivity (Wildman–Crippen MR) is 65.4 cm³/mol. The minimum absolute atomic E-state index is 0.718. The molecule has 0 atom stereocenters. The maximum Gasteiger partial charge on any atom is 0.0230 e. The molecule has 1 heteroatoms. The maximum atomic E-state index is 3.72. The van der Waals surface area contributed by atoms with Crippen LogP contribution in [0.4, 0.5) is 0 Å². The number of likely N-dealkylation sites (N-methyl/N-ethyl adjacent to an activating group) is 1. The Hall–Kier alpha value is -0.820. The lowest BCUT2D eigenvalue weighted by atomic mass is 10.1. The van der Waals surface area contributed by atoms with Gasteiger partial charge in [-0.3, -0.25) is 0 Å². The molecule has 0 bridgehead atoms. The summed E-state index contributed by atoms with van der Waals surface area (Å²) in [7, 11) is 2.15. The van der Waals surface area contributed by atoms with Crippen molar-refractivity contribution in [2.75, 3.05) is 20.1 Å². The topological polar surface area (TPSA) is 3.24 Å². The summed E-state index contributed by atoms with van der Waals surface area (Å²) >= 11 is 0. The molecule has 0 saturated carbocycles. The third-order valence-corrected chi connectivity index (χ3v) is 1.84. The average molecular weight is 193 g/mol. The Kier molecular flexibility index (Phi) is 7.13. The van der Waals surface area contributed by atoms with Crippen molar-refractivity contribution in [2.24, 2.45) is 5.92 Å². The molecule has 0 aliphatic heterocycles. The monoisotopic (exact) mass is 193 g/mol. The molecule has 0 fully saturated rings. The van der Waals surface area contributed by atoms with E-state index in [4.69, 9.17) is 0 Å². The van der Waals surface area contributed by atoms with E-state index in [9.17, 15) is 0 Å². The van der Waals surface area contributed by atoms with Crippen LogP contribution in [0.3, 0.4) is 0 Å². The Morgan fingerprint density at radius 3 is 2.50 bits per heavy atom. The molecule has 14 heavy (non-hydrogen) atoms. The first kappa shape index (κ1) is 13.2. The van der Waals surface area contributed by atoms with Gasteiger partial charge >= 0.3 is 0 Å². The van der Waals surface area contributed by atoms with Gasteiger partial charge in [-0.1, -0.05) is 44.7 Å². The second-order valence-electron chi connectivity index (χ2n) is 4.07. The van der Waals surface area contributed by atoms with Crippen LogP contribution in [0.2, 0.25) is 0 Å². The van der Waals surface area contributed by atoms with Gasteiger partial charge in [0, 0.05) is 13.1 Å². The molecular formula is C13H23N. The van der Waals surface area contributed by atoms with Gasteiger partial charge in [0.1, 0.15) is 0 Å². The van der Waals surface area contributed by atoms with E-state index < -0.39 is 0 Å². The lowest BCUT2D eigenvalue weighted by Crippen LogP contribution is -2.25. The van der Waals surface area contributed by atoms with Gasteiger partial charge in [0.05, 0.1) is 0 Å². The molecule has 0 unspecified atom stereocenters. The molecule has 0 rings (SSSR count). The molecule has 0 amide bonds. The molecular weight excluding hydrogens is 170 g/mol. The Morgan fingerprint density at radius 1 is 1.43 bits per heavy atom. The van der Waals surface area contributed by atoms with Crippen molar-refractivity contribution in [3.8, 4) is 0 Å². The normalized spacial score (nSPS) is 13.1. The molecule has 0 aliphatic carbocycles. The van der Waals surface area contributed by atoms with Crippen LogP contribution in [-0.4, -0.2) is 25.0 Å². The minimum Gasteiger partial charge on any atom is -0.302 e. The lowest BCUT2D eigenvalue weighted by Gasteiger charge is -2.19. The summed E-state index contributed by atoms with van der Waals surface area (Å²) in [5, 5.41) is 0. The lowest BCUT2D eigenvalue weighted by molar-refractivity contribution is 0.320. The molecule has 80 valence electrons. The summed E-state index contributed by atoms with van der Waals surface area (Å²) in [5.74, 6) is 0.718. The van der Waals surface area contributed by atoms with E-state index in [2.05, 4.69) is 50.6 Å². The van der Waals surface area contributed by atoms with Crippen molar-refractivity contribution in [2.45, 2.75) is 20.8 Å². The quantitative estimate of drug-likeness (QED) is 0.585. The van der Waals surface area contributed by atoms with Crippen LogP contribution >= 0.6 is 0 Å². The fraction of sp³-hybridized carbons (Fsp3) is 0.538. The number of nitrogens with zero attached hydrogens (tertiary/aromatic N) is 1. The third kappa shape index (κ3) is 6.67. The Morgan fingerprint density at radius 2 is 2.07 bits per heavy atom. The molecule has 0 aromatic carbocycles. The minimum atomic E-state index is 0.718. The van der Waals surface area contributed by atoms with Gasteiger partial charge < -0.3 is 4.90 Å². The van der Waals surface area contributed by atoms with Crippen LogP contribution < -0.4 is 0 Å². The smallest absolute Gasteiger partial charge is 0.0230 e. The maximum absolute atomic E-state index is 3.72. The fourth-order valence-electron chi connectivity index (χ4n) is 1.53. The highest BCUT2D eigenvalue weighted by atomic mass is 15.1. The summed E-state index contributed by atoms with van der Waals surface area (Å²) in [5.41, 5.74) is 1.31. The largest absolute Gasteiger partial charge is 0.302 e. The zero-order chi connectivity index (χ0) is 11.0. The third-order valence-electron chi connectivity index (χ3n) is 1.84. The fourth-order valence-corrected chi connectivity index (χ4v) is 1.53. The summed E-state index contributed by atoms with van der Waals surface area (Å²) in [4.78, 5) is 2.33. The predicted octanol–water partition coefficient (Wildman–Crippen LogP) is 3.26. The summed E-state index contributed by atoms with van der Waals surface area (Å²) < 4.78 is 0. The van der Waals surface area contributed by atoms with Crippen LogP contribution in [0.15, 0.2) is 36.5 Å². The van der Waals surface area contributed by atoms with Gasteiger partial charge in [0.2, 0.25) is 0 Å². The van der Waals surface area contributed by atoms with Gasteiger partial charge in [-0.15, -0.1) is 0 Å². The van der Waals surface area contributed by atoms with E-state index in [-0.39, 0.29) is 0 Å². The van der Waals surface area contributed by atoms with E-state index >= 15 is 0 Å². The van der Waals surface area contributed by atoms with E-state index in [0.29, 0.717) is 0 Å². The van der Waals surface area contributed by atoms with Crippen molar-refractivity contribution < 1.29 is 0 Å². The summed E-state index contributed by atoms with van der Waals surface area (Å²) in [6.45, 7) is 12.4. The van der Waals surface area contributed by atoms with Crippen molar-refractivity contribution in [3.63, 3.8) is 0 Å². The Balaban J connectivity index is 4.16. The van der Waals surface area contributed by atoms with Crippen molar-refractivity contribution >= 4 is 0 Å². The first-order chi connectivity index (χ1) is 6.60. The summed E-state index contributed by atoms with van der Waals surface area (Å²) in [6.07, 6.45) is 8.12.